The number of rotatable bonds is 3. The van der Waals surface area contributed by atoms with Crippen LogP contribution in [-0.2, 0) is 4.79 Å². The number of anilines is 1. The van der Waals surface area contributed by atoms with E-state index in [4.69, 9.17) is 10.4 Å². The first-order valence-corrected chi connectivity index (χ1v) is 5.63. The van der Waals surface area contributed by atoms with Crippen LogP contribution in [0, 0.1) is 18.3 Å². The summed E-state index contributed by atoms with van der Waals surface area (Å²) in [5.41, 5.74) is 0.713. The van der Waals surface area contributed by atoms with E-state index in [2.05, 4.69) is 11.1 Å². The van der Waals surface area contributed by atoms with Crippen molar-refractivity contribution in [2.24, 2.45) is 0 Å². The number of nitriles is 1. The van der Waals surface area contributed by atoms with Gasteiger partial charge in [0, 0.05) is 11.2 Å². The second kappa shape index (κ2) is 5.05. The van der Waals surface area contributed by atoms with Crippen LogP contribution in [0.4, 0.5) is 5.82 Å². The van der Waals surface area contributed by atoms with E-state index < -0.39 is 11.5 Å². The van der Waals surface area contributed by atoms with Crippen molar-refractivity contribution in [2.45, 2.75) is 33.2 Å². The maximum Gasteiger partial charge on any atom is 0.323 e. The Morgan fingerprint density at radius 3 is 2.56 bits per heavy atom. The van der Waals surface area contributed by atoms with Gasteiger partial charge < -0.3 is 10.0 Å². The number of aryl methyl sites for hydroxylation is 1. The molecule has 0 fully saturated rings. The van der Waals surface area contributed by atoms with Crippen molar-refractivity contribution in [1.82, 2.24) is 4.98 Å². The Kier molecular flexibility index (Phi) is 3.92. The summed E-state index contributed by atoms with van der Waals surface area (Å²) in [5, 5.41) is 18.1. The number of hydrogen-bond acceptors (Lipinski definition) is 4. The predicted octanol–water partition coefficient (Wildman–Crippen LogP) is 1.95. The molecule has 96 valence electrons. The van der Waals surface area contributed by atoms with Gasteiger partial charge in [0.15, 0.2) is 0 Å². The number of aromatic nitrogens is 1. The van der Waals surface area contributed by atoms with Crippen LogP contribution in [-0.4, -0.2) is 28.1 Å². The lowest BCUT2D eigenvalue weighted by Crippen LogP contribution is -2.45. The molecule has 0 aliphatic heterocycles. The second-order valence-corrected chi connectivity index (χ2v) is 5.09. The zero-order chi connectivity index (χ0) is 13.9. The molecular weight excluding hydrogens is 230 g/mol. The van der Waals surface area contributed by atoms with Gasteiger partial charge in [-0.25, -0.2) is 4.98 Å². The van der Waals surface area contributed by atoms with Crippen LogP contribution in [0.1, 0.15) is 32.0 Å². The van der Waals surface area contributed by atoms with Crippen molar-refractivity contribution in [3.63, 3.8) is 0 Å². The molecule has 1 rings (SSSR count). The lowest BCUT2D eigenvalue weighted by molar-refractivity contribution is -0.135. The number of carboxylic acid groups (broad SMARTS) is 1. The van der Waals surface area contributed by atoms with Crippen molar-refractivity contribution < 1.29 is 9.90 Å². The van der Waals surface area contributed by atoms with E-state index in [1.807, 2.05) is 27.7 Å². The van der Waals surface area contributed by atoms with Gasteiger partial charge in [-0.3, -0.25) is 4.79 Å². The highest BCUT2D eigenvalue weighted by atomic mass is 16.4. The number of carboxylic acids is 1. The highest BCUT2D eigenvalue weighted by Crippen LogP contribution is 2.25. The molecule has 1 aromatic rings. The minimum Gasteiger partial charge on any atom is -0.480 e. The van der Waals surface area contributed by atoms with E-state index in [1.165, 1.54) is 0 Å². The van der Waals surface area contributed by atoms with Gasteiger partial charge >= 0.3 is 5.97 Å². The van der Waals surface area contributed by atoms with E-state index in [-0.39, 0.29) is 6.54 Å². The summed E-state index contributed by atoms with van der Waals surface area (Å²) < 4.78 is 0. The van der Waals surface area contributed by atoms with Crippen LogP contribution in [0.25, 0.3) is 0 Å². The van der Waals surface area contributed by atoms with Gasteiger partial charge in [0.25, 0.3) is 0 Å². The molecule has 0 unspecified atom stereocenters. The van der Waals surface area contributed by atoms with Crippen LogP contribution < -0.4 is 4.90 Å². The fourth-order valence-corrected chi connectivity index (χ4v) is 1.60. The third-order valence-corrected chi connectivity index (χ3v) is 2.49. The molecule has 1 heterocycles. The van der Waals surface area contributed by atoms with Crippen molar-refractivity contribution in [3.05, 3.63) is 23.4 Å². The minimum atomic E-state index is -0.947. The van der Waals surface area contributed by atoms with Gasteiger partial charge in [0.2, 0.25) is 0 Å². The van der Waals surface area contributed by atoms with Gasteiger partial charge in [-0.2, -0.15) is 5.26 Å². The number of carbonyl (C=O) groups is 1. The Morgan fingerprint density at radius 1 is 1.50 bits per heavy atom. The smallest absolute Gasteiger partial charge is 0.323 e. The molecule has 0 atom stereocenters. The molecule has 1 N–H and O–H groups in total. The molecule has 0 bridgehead atoms. The molecule has 0 saturated carbocycles. The maximum atomic E-state index is 11.0. The Bertz CT molecular complexity index is 498. The Hall–Kier alpha value is -2.09. The molecule has 0 aliphatic carbocycles. The van der Waals surface area contributed by atoms with Crippen molar-refractivity contribution in [1.29, 1.82) is 5.26 Å². The summed E-state index contributed by atoms with van der Waals surface area (Å²) in [6.07, 6.45) is 0. The van der Waals surface area contributed by atoms with Gasteiger partial charge in [0.1, 0.15) is 18.4 Å². The van der Waals surface area contributed by atoms with E-state index in [0.29, 0.717) is 11.4 Å². The molecule has 0 radical (unpaired) electrons. The third-order valence-electron chi connectivity index (χ3n) is 2.49. The monoisotopic (exact) mass is 247 g/mol. The topological polar surface area (TPSA) is 77.2 Å². The SMILES string of the molecule is Cc1ccc(C#N)c(N(CC(=O)O)C(C)(C)C)n1. The molecule has 0 aliphatic rings. The van der Waals surface area contributed by atoms with Crippen LogP contribution >= 0.6 is 0 Å². The Balaban J connectivity index is 3.33. The van der Waals surface area contributed by atoms with Crippen LogP contribution in [0.5, 0.6) is 0 Å². The summed E-state index contributed by atoms with van der Waals surface area (Å²) in [5.74, 6) is -0.524. The van der Waals surface area contributed by atoms with Gasteiger partial charge in [-0.1, -0.05) is 0 Å². The van der Waals surface area contributed by atoms with E-state index in [9.17, 15) is 4.79 Å². The predicted molar refractivity (Wildman–Crippen MR) is 68.4 cm³/mol. The molecule has 1 aromatic heterocycles. The van der Waals surface area contributed by atoms with Crippen LogP contribution in [0.15, 0.2) is 12.1 Å². The summed E-state index contributed by atoms with van der Waals surface area (Å²) in [4.78, 5) is 16.9. The Labute approximate surface area is 107 Å². The van der Waals surface area contributed by atoms with Gasteiger partial charge in [-0.15, -0.1) is 0 Å². The fourth-order valence-electron chi connectivity index (χ4n) is 1.60. The van der Waals surface area contributed by atoms with E-state index >= 15 is 0 Å². The molecular formula is C13H17N3O2. The highest BCUT2D eigenvalue weighted by Gasteiger charge is 2.27. The molecule has 0 saturated heterocycles. The maximum absolute atomic E-state index is 11.0. The normalized spacial score (nSPS) is 10.8. The standard InChI is InChI=1S/C13H17N3O2/c1-9-5-6-10(7-14)12(15-9)16(8-11(17)18)13(2,3)4/h5-6H,8H2,1-4H3,(H,17,18). The van der Waals surface area contributed by atoms with Crippen molar-refractivity contribution in [2.75, 3.05) is 11.4 Å². The number of aliphatic carboxylic acids is 1. The van der Waals surface area contributed by atoms with Crippen LogP contribution in [0.2, 0.25) is 0 Å². The Morgan fingerprint density at radius 2 is 2.11 bits per heavy atom. The highest BCUT2D eigenvalue weighted by molar-refractivity contribution is 5.74. The van der Waals surface area contributed by atoms with Gasteiger partial charge in [-0.05, 0) is 39.8 Å². The summed E-state index contributed by atoms with van der Waals surface area (Å²) in [6.45, 7) is 7.30. The van der Waals surface area contributed by atoms with Gasteiger partial charge in [0.05, 0.1) is 5.56 Å². The molecule has 0 spiro atoms. The number of nitrogens with zero attached hydrogens (tertiary/aromatic N) is 3. The third kappa shape index (κ3) is 3.20. The second-order valence-electron chi connectivity index (χ2n) is 5.09. The van der Waals surface area contributed by atoms with Crippen molar-refractivity contribution in [3.8, 4) is 6.07 Å². The van der Waals surface area contributed by atoms with Crippen molar-refractivity contribution >= 4 is 11.8 Å². The average Bonchev–Trinajstić information content (AvgIpc) is 2.24. The molecule has 5 nitrogen and oxygen atoms in total. The summed E-state index contributed by atoms with van der Waals surface area (Å²) in [7, 11) is 0. The fraction of sp³-hybridized carbons (Fsp3) is 0.462. The largest absolute Gasteiger partial charge is 0.480 e. The first-order valence-electron chi connectivity index (χ1n) is 5.63. The zero-order valence-electron chi connectivity index (χ0n) is 11.1. The first kappa shape index (κ1) is 14.0. The van der Waals surface area contributed by atoms with E-state index in [1.54, 1.807) is 17.0 Å². The number of hydrogen-bond donors (Lipinski definition) is 1. The lowest BCUT2D eigenvalue weighted by Gasteiger charge is -2.36. The summed E-state index contributed by atoms with van der Waals surface area (Å²) >= 11 is 0. The first-order chi connectivity index (χ1) is 8.25. The lowest BCUT2D eigenvalue weighted by atomic mass is 10.0. The molecule has 0 aromatic carbocycles. The quantitative estimate of drug-likeness (QED) is 0.883. The molecule has 18 heavy (non-hydrogen) atoms. The zero-order valence-corrected chi connectivity index (χ0v) is 11.1. The summed E-state index contributed by atoms with van der Waals surface area (Å²) in [6, 6.07) is 5.46. The number of pyridine rings is 1. The minimum absolute atomic E-state index is 0.186. The molecule has 0 amide bonds. The average molecular weight is 247 g/mol. The van der Waals surface area contributed by atoms with E-state index in [0.717, 1.165) is 5.69 Å². The van der Waals surface area contributed by atoms with Crippen LogP contribution in [0.3, 0.4) is 0 Å². The molecule has 5 heteroatoms.